The number of fused-ring (bicyclic) bond motifs is 3. The van der Waals surface area contributed by atoms with Crippen LogP contribution in [0.3, 0.4) is 0 Å². The highest BCUT2D eigenvalue weighted by Gasteiger charge is 2.89. The minimum Gasteiger partial charge on any atom is -0.0654 e. The lowest BCUT2D eigenvalue weighted by molar-refractivity contribution is 0.316. The molecule has 0 bridgehead atoms. The van der Waals surface area contributed by atoms with Gasteiger partial charge in [-0.05, 0) is 60.2 Å². The van der Waals surface area contributed by atoms with Gasteiger partial charge in [-0.1, -0.05) is 26.7 Å². The average molecular weight is 190 g/mol. The molecule has 4 aliphatic carbocycles. The summed E-state index contributed by atoms with van der Waals surface area (Å²) in [5.74, 6) is 4.75. The van der Waals surface area contributed by atoms with E-state index >= 15 is 0 Å². The summed E-state index contributed by atoms with van der Waals surface area (Å²) < 4.78 is 0. The predicted molar refractivity (Wildman–Crippen MR) is 57.9 cm³/mol. The molecule has 0 aliphatic heterocycles. The van der Waals surface area contributed by atoms with Gasteiger partial charge >= 0.3 is 0 Å². The van der Waals surface area contributed by atoms with Gasteiger partial charge < -0.3 is 0 Å². The molecule has 6 atom stereocenters. The Kier molecular flexibility index (Phi) is 1.22. The van der Waals surface area contributed by atoms with Crippen LogP contribution in [0.15, 0.2) is 0 Å². The second-order valence-electron chi connectivity index (χ2n) is 6.81. The molecule has 6 unspecified atom stereocenters. The standard InChI is InChI=1S/C14H22/c1-3-4-9-7-10(9)11-8-14(11)12-5-6-13(12,14)2/h9-12H,3-8H2,1-2H3. The highest BCUT2D eigenvalue weighted by Crippen LogP contribution is 2.95. The van der Waals surface area contributed by atoms with Crippen molar-refractivity contribution >= 4 is 0 Å². The molecule has 0 nitrogen and oxygen atoms in total. The highest BCUT2D eigenvalue weighted by atomic mass is 14.9. The van der Waals surface area contributed by atoms with E-state index < -0.39 is 0 Å². The van der Waals surface area contributed by atoms with Crippen molar-refractivity contribution in [3.63, 3.8) is 0 Å². The normalized spacial score (nSPS) is 67.3. The molecular weight excluding hydrogens is 168 g/mol. The first-order chi connectivity index (χ1) is 6.74. The van der Waals surface area contributed by atoms with Gasteiger partial charge in [0, 0.05) is 0 Å². The van der Waals surface area contributed by atoms with E-state index in [2.05, 4.69) is 13.8 Å². The second kappa shape index (κ2) is 2.08. The van der Waals surface area contributed by atoms with E-state index in [-0.39, 0.29) is 0 Å². The van der Waals surface area contributed by atoms with Gasteiger partial charge in [-0.3, -0.25) is 0 Å². The predicted octanol–water partition coefficient (Wildman–Crippen LogP) is 3.86. The van der Waals surface area contributed by atoms with Crippen molar-refractivity contribution in [1.82, 2.24) is 0 Å². The van der Waals surface area contributed by atoms with E-state index in [0.717, 1.165) is 16.7 Å². The Morgan fingerprint density at radius 3 is 2.71 bits per heavy atom. The van der Waals surface area contributed by atoms with Crippen LogP contribution in [0.5, 0.6) is 0 Å². The Morgan fingerprint density at radius 2 is 2.14 bits per heavy atom. The molecule has 0 radical (unpaired) electrons. The Labute approximate surface area is 87.5 Å². The van der Waals surface area contributed by atoms with Gasteiger partial charge in [0.15, 0.2) is 0 Å². The van der Waals surface area contributed by atoms with Crippen LogP contribution in [0.1, 0.15) is 52.4 Å². The third-order valence-corrected chi connectivity index (χ3v) is 6.54. The minimum atomic E-state index is 0.872. The van der Waals surface area contributed by atoms with Crippen molar-refractivity contribution in [2.75, 3.05) is 0 Å². The first-order valence-corrected chi connectivity index (χ1v) is 6.74. The molecule has 0 aromatic rings. The summed E-state index contributed by atoms with van der Waals surface area (Å²) >= 11 is 0. The number of rotatable bonds is 3. The molecule has 0 amide bonds. The maximum Gasteiger partial charge on any atom is -0.0173 e. The van der Waals surface area contributed by atoms with Crippen LogP contribution in [0.2, 0.25) is 0 Å². The SMILES string of the molecule is CCCC1CC1C1CC12C1CCC12C. The molecule has 4 saturated carbocycles. The Bertz CT molecular complexity index is 294. The van der Waals surface area contributed by atoms with E-state index in [1.54, 1.807) is 25.7 Å². The summed E-state index contributed by atoms with van der Waals surface area (Å²) in [6.45, 7) is 4.93. The zero-order valence-corrected chi connectivity index (χ0v) is 9.55. The molecule has 78 valence electrons. The zero-order valence-electron chi connectivity index (χ0n) is 9.55. The van der Waals surface area contributed by atoms with Crippen molar-refractivity contribution < 1.29 is 0 Å². The molecule has 0 heterocycles. The lowest BCUT2D eigenvalue weighted by Gasteiger charge is -2.18. The molecule has 0 N–H and O–H groups in total. The van der Waals surface area contributed by atoms with Crippen molar-refractivity contribution in [2.24, 2.45) is 34.5 Å². The van der Waals surface area contributed by atoms with Crippen LogP contribution in [-0.2, 0) is 0 Å². The summed E-state index contributed by atoms with van der Waals surface area (Å²) in [5, 5.41) is 0. The molecule has 0 saturated heterocycles. The molecule has 4 aliphatic rings. The maximum absolute atomic E-state index is 2.58. The fourth-order valence-corrected chi connectivity index (χ4v) is 5.47. The van der Waals surface area contributed by atoms with Crippen molar-refractivity contribution in [1.29, 1.82) is 0 Å². The van der Waals surface area contributed by atoms with E-state index in [9.17, 15) is 0 Å². The summed E-state index contributed by atoms with van der Waals surface area (Å²) in [7, 11) is 0. The van der Waals surface area contributed by atoms with Crippen molar-refractivity contribution in [3.05, 3.63) is 0 Å². The highest BCUT2D eigenvalue weighted by molar-refractivity contribution is 5.36. The summed E-state index contributed by atoms with van der Waals surface area (Å²) in [6, 6.07) is 0. The molecule has 4 rings (SSSR count). The number of hydrogen-bond acceptors (Lipinski definition) is 0. The van der Waals surface area contributed by atoms with Crippen LogP contribution in [0.25, 0.3) is 0 Å². The fraction of sp³-hybridized carbons (Fsp3) is 1.00. The second-order valence-corrected chi connectivity index (χ2v) is 6.81. The molecule has 0 heteroatoms. The molecule has 0 aromatic carbocycles. The monoisotopic (exact) mass is 190 g/mol. The van der Waals surface area contributed by atoms with Crippen LogP contribution in [0.4, 0.5) is 0 Å². The van der Waals surface area contributed by atoms with Crippen molar-refractivity contribution in [2.45, 2.75) is 52.4 Å². The Balaban J connectivity index is 1.44. The van der Waals surface area contributed by atoms with E-state index in [4.69, 9.17) is 0 Å². The zero-order chi connectivity index (χ0) is 9.55. The minimum absolute atomic E-state index is 0.872. The molecule has 4 fully saturated rings. The largest absolute Gasteiger partial charge is 0.0654 e. The third-order valence-electron chi connectivity index (χ3n) is 6.54. The van der Waals surface area contributed by atoms with E-state index in [0.29, 0.717) is 0 Å². The maximum atomic E-state index is 2.58. The van der Waals surface area contributed by atoms with Crippen molar-refractivity contribution in [3.8, 4) is 0 Å². The van der Waals surface area contributed by atoms with Gasteiger partial charge in [0.1, 0.15) is 0 Å². The van der Waals surface area contributed by atoms with E-state index in [1.165, 1.54) is 30.6 Å². The van der Waals surface area contributed by atoms with Crippen LogP contribution in [0, 0.1) is 34.5 Å². The Hall–Kier alpha value is 0. The molecular formula is C14H22. The number of hydrogen-bond donors (Lipinski definition) is 0. The van der Waals surface area contributed by atoms with Gasteiger partial charge in [-0.15, -0.1) is 0 Å². The van der Waals surface area contributed by atoms with Gasteiger partial charge in [-0.2, -0.15) is 0 Å². The van der Waals surface area contributed by atoms with Crippen LogP contribution < -0.4 is 0 Å². The summed E-state index contributed by atoms with van der Waals surface area (Å²) in [6.07, 6.45) is 9.33. The summed E-state index contributed by atoms with van der Waals surface area (Å²) in [4.78, 5) is 0. The molecule has 0 aromatic heterocycles. The first-order valence-electron chi connectivity index (χ1n) is 6.74. The molecule has 14 heavy (non-hydrogen) atoms. The van der Waals surface area contributed by atoms with Gasteiger partial charge in [0.25, 0.3) is 0 Å². The third kappa shape index (κ3) is 0.657. The van der Waals surface area contributed by atoms with Gasteiger partial charge in [0.2, 0.25) is 0 Å². The van der Waals surface area contributed by atoms with Gasteiger partial charge in [-0.25, -0.2) is 0 Å². The Morgan fingerprint density at radius 1 is 1.36 bits per heavy atom. The average Bonchev–Trinajstić information content (AvgIpc) is 2.99. The quantitative estimate of drug-likeness (QED) is 0.634. The fourth-order valence-electron chi connectivity index (χ4n) is 5.47. The lowest BCUT2D eigenvalue weighted by Crippen LogP contribution is -2.09. The lowest BCUT2D eigenvalue weighted by atomic mass is 9.86. The summed E-state index contributed by atoms with van der Waals surface area (Å²) in [5.41, 5.74) is 1.82. The topological polar surface area (TPSA) is 0 Å². The van der Waals surface area contributed by atoms with Gasteiger partial charge in [0.05, 0.1) is 0 Å². The van der Waals surface area contributed by atoms with Crippen LogP contribution >= 0.6 is 0 Å². The first kappa shape index (κ1) is 8.19. The molecule has 1 spiro atoms. The smallest absolute Gasteiger partial charge is 0.0173 e. The van der Waals surface area contributed by atoms with Crippen LogP contribution in [-0.4, -0.2) is 0 Å². The van der Waals surface area contributed by atoms with E-state index in [1.807, 2.05) is 0 Å².